The summed E-state index contributed by atoms with van der Waals surface area (Å²) in [5.41, 5.74) is -0.120. The van der Waals surface area contributed by atoms with E-state index in [-0.39, 0.29) is 11.9 Å². The lowest BCUT2D eigenvalue weighted by molar-refractivity contribution is -0.143. The van der Waals surface area contributed by atoms with E-state index in [1.807, 2.05) is 49.6 Å². The molecule has 1 aliphatic rings. The molecule has 0 fully saturated rings. The van der Waals surface area contributed by atoms with Gasteiger partial charge >= 0.3 is 0 Å². The van der Waals surface area contributed by atoms with Gasteiger partial charge in [-0.15, -0.1) is 0 Å². The number of nitrogens with one attached hydrogen (secondary N) is 1. The second kappa shape index (κ2) is 5.93. The summed E-state index contributed by atoms with van der Waals surface area (Å²) in [6.45, 7) is 2.57. The summed E-state index contributed by atoms with van der Waals surface area (Å²) in [5.74, 6) is 0.984. The maximum atomic E-state index is 12.8. The summed E-state index contributed by atoms with van der Waals surface area (Å²) in [6, 6.07) is 9.69. The van der Waals surface area contributed by atoms with Gasteiger partial charge in [-0.25, -0.2) is 4.98 Å². The second-order valence-electron chi connectivity index (χ2n) is 5.81. The molecule has 22 heavy (non-hydrogen) atoms. The van der Waals surface area contributed by atoms with Crippen molar-refractivity contribution in [2.45, 2.75) is 38.0 Å². The Hall–Kier alpha value is -2.14. The number of benzene rings is 1. The fourth-order valence-corrected chi connectivity index (χ4v) is 2.91. The van der Waals surface area contributed by atoms with Crippen LogP contribution >= 0.6 is 0 Å². The number of hydrogen-bond acceptors (Lipinski definition) is 3. The number of carbonyl (C=O) groups excluding carboxylic acids is 1. The Morgan fingerprint density at radius 3 is 2.91 bits per heavy atom. The number of aromatic nitrogens is 2. The molecule has 1 aromatic heterocycles. The normalized spacial score (nSPS) is 20.0. The number of aryl methyl sites for hydroxylation is 1. The van der Waals surface area contributed by atoms with Crippen molar-refractivity contribution in [3.63, 3.8) is 0 Å². The van der Waals surface area contributed by atoms with Gasteiger partial charge in [0.1, 0.15) is 5.82 Å². The fourth-order valence-electron chi connectivity index (χ4n) is 2.91. The lowest BCUT2D eigenvalue weighted by Crippen LogP contribution is -2.50. The molecule has 116 valence electrons. The monoisotopic (exact) mass is 299 g/mol. The number of ether oxygens (including phenoxy) is 1. The molecule has 1 amide bonds. The molecule has 0 bridgehead atoms. The van der Waals surface area contributed by atoms with Crippen molar-refractivity contribution in [2.75, 3.05) is 7.11 Å². The van der Waals surface area contributed by atoms with Gasteiger partial charge in [0.25, 0.3) is 5.91 Å². The number of imidazole rings is 1. The van der Waals surface area contributed by atoms with E-state index in [1.165, 1.54) is 0 Å². The molecule has 2 atom stereocenters. The van der Waals surface area contributed by atoms with Crippen LogP contribution in [0, 0.1) is 0 Å². The van der Waals surface area contributed by atoms with Crippen LogP contribution in [0.2, 0.25) is 0 Å². The maximum Gasteiger partial charge on any atom is 0.256 e. The lowest BCUT2D eigenvalue weighted by atomic mass is 9.94. The van der Waals surface area contributed by atoms with Gasteiger partial charge in [-0.05, 0) is 18.9 Å². The minimum atomic E-state index is -0.976. The van der Waals surface area contributed by atoms with Crippen molar-refractivity contribution in [2.24, 2.45) is 0 Å². The molecule has 1 aliphatic heterocycles. The minimum absolute atomic E-state index is 0.102. The zero-order chi connectivity index (χ0) is 15.6. The van der Waals surface area contributed by atoms with Gasteiger partial charge in [0, 0.05) is 38.5 Å². The van der Waals surface area contributed by atoms with Crippen molar-refractivity contribution in [1.82, 2.24) is 14.9 Å². The van der Waals surface area contributed by atoms with Crippen LogP contribution in [0.1, 0.15) is 24.7 Å². The number of fused-ring (bicyclic) bond motifs is 1. The van der Waals surface area contributed by atoms with Gasteiger partial charge < -0.3 is 14.6 Å². The Bertz CT molecular complexity index is 653. The largest absolute Gasteiger partial charge is 0.364 e. The third kappa shape index (κ3) is 2.64. The standard InChI is InChI=1S/C17H21N3O2/c1-17(22-2,13-6-4-3-5-7-13)16(21)19-14-8-9-15-18-10-11-20(15)12-14/h3-7,10-11,14H,8-9,12H2,1-2H3,(H,19,21)/t14-,17-/m1/s1. The summed E-state index contributed by atoms with van der Waals surface area (Å²) >= 11 is 0. The SMILES string of the molecule is CO[C@@](C)(C(=O)N[C@@H]1CCc2nccn2C1)c1ccccc1. The predicted octanol–water partition coefficient (Wildman–Crippen LogP) is 1.88. The van der Waals surface area contributed by atoms with Gasteiger partial charge in [0.2, 0.25) is 0 Å². The molecule has 0 saturated heterocycles. The Balaban J connectivity index is 1.73. The van der Waals surface area contributed by atoms with Crippen molar-refractivity contribution in [1.29, 1.82) is 0 Å². The highest BCUT2D eigenvalue weighted by Crippen LogP contribution is 2.25. The number of rotatable bonds is 4. The van der Waals surface area contributed by atoms with Gasteiger partial charge in [-0.1, -0.05) is 30.3 Å². The Morgan fingerprint density at radius 1 is 1.41 bits per heavy atom. The second-order valence-corrected chi connectivity index (χ2v) is 5.81. The van der Waals surface area contributed by atoms with E-state index in [2.05, 4.69) is 14.9 Å². The molecule has 1 N–H and O–H groups in total. The molecule has 0 saturated carbocycles. The predicted molar refractivity (Wildman–Crippen MR) is 83.3 cm³/mol. The van der Waals surface area contributed by atoms with E-state index in [1.54, 1.807) is 7.11 Å². The Labute approximate surface area is 130 Å². The Morgan fingerprint density at radius 2 is 2.18 bits per heavy atom. The third-order valence-electron chi connectivity index (χ3n) is 4.44. The summed E-state index contributed by atoms with van der Waals surface area (Å²) in [5, 5.41) is 3.13. The quantitative estimate of drug-likeness (QED) is 0.938. The summed E-state index contributed by atoms with van der Waals surface area (Å²) in [4.78, 5) is 17.1. The van der Waals surface area contributed by atoms with Gasteiger partial charge in [-0.3, -0.25) is 4.79 Å². The van der Waals surface area contributed by atoms with Crippen LogP contribution in [0.4, 0.5) is 0 Å². The van der Waals surface area contributed by atoms with Crippen LogP contribution in [0.5, 0.6) is 0 Å². The maximum absolute atomic E-state index is 12.8. The molecule has 5 nitrogen and oxygen atoms in total. The van der Waals surface area contributed by atoms with E-state index >= 15 is 0 Å². The van der Waals surface area contributed by atoms with E-state index < -0.39 is 5.60 Å². The molecule has 0 unspecified atom stereocenters. The van der Waals surface area contributed by atoms with Crippen molar-refractivity contribution < 1.29 is 9.53 Å². The van der Waals surface area contributed by atoms with Crippen LogP contribution in [0.15, 0.2) is 42.7 Å². The van der Waals surface area contributed by atoms with Crippen molar-refractivity contribution in [3.05, 3.63) is 54.1 Å². The van der Waals surface area contributed by atoms with Gasteiger partial charge in [0.15, 0.2) is 5.60 Å². The van der Waals surface area contributed by atoms with Crippen LogP contribution in [0.25, 0.3) is 0 Å². The van der Waals surface area contributed by atoms with Gasteiger partial charge in [-0.2, -0.15) is 0 Å². The molecule has 2 heterocycles. The number of amides is 1. The first kappa shape index (κ1) is 14.8. The number of nitrogens with zero attached hydrogens (tertiary/aromatic N) is 2. The third-order valence-corrected chi connectivity index (χ3v) is 4.44. The number of carbonyl (C=O) groups is 1. The van der Waals surface area contributed by atoms with E-state index in [0.29, 0.717) is 0 Å². The molecule has 1 aromatic carbocycles. The number of hydrogen-bond donors (Lipinski definition) is 1. The first-order chi connectivity index (χ1) is 10.6. The molecular formula is C17H21N3O2. The highest BCUT2D eigenvalue weighted by molar-refractivity contribution is 5.86. The Kier molecular flexibility index (Phi) is 3.98. The van der Waals surface area contributed by atoms with Gasteiger partial charge in [0.05, 0.1) is 0 Å². The molecule has 5 heteroatoms. The molecule has 3 rings (SSSR count). The highest BCUT2D eigenvalue weighted by atomic mass is 16.5. The van der Waals surface area contributed by atoms with Crippen LogP contribution in [-0.2, 0) is 28.1 Å². The number of methoxy groups -OCH3 is 1. The average Bonchev–Trinajstić information content (AvgIpc) is 3.02. The minimum Gasteiger partial charge on any atom is -0.364 e. The lowest BCUT2D eigenvalue weighted by Gasteiger charge is -2.31. The fraction of sp³-hybridized carbons (Fsp3) is 0.412. The molecule has 0 spiro atoms. The van der Waals surface area contributed by atoms with Crippen molar-refractivity contribution >= 4 is 5.91 Å². The van der Waals surface area contributed by atoms with E-state index in [0.717, 1.165) is 30.8 Å². The zero-order valence-corrected chi connectivity index (χ0v) is 13.0. The zero-order valence-electron chi connectivity index (χ0n) is 13.0. The first-order valence-electron chi connectivity index (χ1n) is 7.55. The molecular weight excluding hydrogens is 278 g/mol. The molecule has 0 radical (unpaired) electrons. The smallest absolute Gasteiger partial charge is 0.256 e. The van der Waals surface area contributed by atoms with Crippen molar-refractivity contribution in [3.8, 4) is 0 Å². The van der Waals surface area contributed by atoms with Crippen LogP contribution in [0.3, 0.4) is 0 Å². The molecule has 2 aromatic rings. The van der Waals surface area contributed by atoms with E-state index in [4.69, 9.17) is 4.74 Å². The average molecular weight is 299 g/mol. The summed E-state index contributed by atoms with van der Waals surface area (Å²) in [7, 11) is 1.57. The molecule has 0 aliphatic carbocycles. The summed E-state index contributed by atoms with van der Waals surface area (Å²) in [6.07, 6.45) is 5.55. The highest BCUT2D eigenvalue weighted by Gasteiger charge is 2.36. The first-order valence-corrected chi connectivity index (χ1v) is 7.55. The van der Waals surface area contributed by atoms with E-state index in [9.17, 15) is 4.79 Å². The van der Waals surface area contributed by atoms with Crippen LogP contribution in [-0.4, -0.2) is 28.6 Å². The van der Waals surface area contributed by atoms with Crippen LogP contribution < -0.4 is 5.32 Å². The topological polar surface area (TPSA) is 56.1 Å². The summed E-state index contributed by atoms with van der Waals surface area (Å²) < 4.78 is 7.65.